The Morgan fingerprint density at radius 3 is 2.00 bits per heavy atom. The number of amides is 1. The Bertz CT molecular complexity index is 1000. The standard InChI is InChI=1S/C18H20N2O8S/c1-25-14-9-16(27-3)15(26-2)8-13(14)18(22)28-10-17(21)20-11-4-6-12(7-5-11)29(19,23)24/h4-9H,10H2,1-3H3,(H,20,21)(H2,19,23,24). The normalized spacial score (nSPS) is 10.8. The molecule has 0 aliphatic carbocycles. The highest BCUT2D eigenvalue weighted by Crippen LogP contribution is 2.34. The highest BCUT2D eigenvalue weighted by Gasteiger charge is 2.20. The average molecular weight is 424 g/mol. The average Bonchev–Trinajstić information content (AvgIpc) is 2.70. The molecule has 0 spiro atoms. The first kappa shape index (κ1) is 22.0. The van der Waals surface area contributed by atoms with Crippen LogP contribution in [-0.2, 0) is 19.6 Å². The van der Waals surface area contributed by atoms with E-state index in [2.05, 4.69) is 5.32 Å². The van der Waals surface area contributed by atoms with Gasteiger partial charge in [0.25, 0.3) is 5.91 Å². The van der Waals surface area contributed by atoms with E-state index in [0.29, 0.717) is 17.2 Å². The third-order valence-corrected chi connectivity index (χ3v) is 4.66. The molecule has 0 aliphatic heterocycles. The van der Waals surface area contributed by atoms with E-state index in [-0.39, 0.29) is 16.2 Å². The molecule has 0 radical (unpaired) electrons. The third-order valence-electron chi connectivity index (χ3n) is 3.73. The number of methoxy groups -OCH3 is 3. The van der Waals surface area contributed by atoms with Gasteiger partial charge in [-0.2, -0.15) is 0 Å². The van der Waals surface area contributed by atoms with Crippen LogP contribution in [0.5, 0.6) is 17.2 Å². The second kappa shape index (κ2) is 9.26. The van der Waals surface area contributed by atoms with Crippen molar-refractivity contribution in [3.8, 4) is 17.2 Å². The van der Waals surface area contributed by atoms with E-state index in [0.717, 1.165) is 0 Å². The zero-order valence-corrected chi connectivity index (χ0v) is 16.7. The number of nitrogens with two attached hydrogens (primary N) is 1. The van der Waals surface area contributed by atoms with Gasteiger partial charge in [0, 0.05) is 17.8 Å². The van der Waals surface area contributed by atoms with Crippen LogP contribution in [0.2, 0.25) is 0 Å². The minimum absolute atomic E-state index is 0.0513. The topological polar surface area (TPSA) is 143 Å². The van der Waals surface area contributed by atoms with Gasteiger partial charge < -0.3 is 24.3 Å². The lowest BCUT2D eigenvalue weighted by Gasteiger charge is -2.13. The molecule has 11 heteroatoms. The van der Waals surface area contributed by atoms with Crippen LogP contribution in [0, 0.1) is 0 Å². The Balaban J connectivity index is 2.04. The summed E-state index contributed by atoms with van der Waals surface area (Å²) in [7, 11) is 0.391. The Morgan fingerprint density at radius 1 is 0.931 bits per heavy atom. The number of carbonyl (C=O) groups is 2. The quantitative estimate of drug-likeness (QED) is 0.601. The lowest BCUT2D eigenvalue weighted by Crippen LogP contribution is -2.21. The first-order chi connectivity index (χ1) is 13.7. The second-order valence-electron chi connectivity index (χ2n) is 5.60. The van der Waals surface area contributed by atoms with Crippen molar-refractivity contribution >= 4 is 27.6 Å². The summed E-state index contributed by atoms with van der Waals surface area (Å²) >= 11 is 0. The van der Waals surface area contributed by atoms with Gasteiger partial charge in [-0.3, -0.25) is 4.79 Å². The van der Waals surface area contributed by atoms with Crippen LogP contribution in [0.15, 0.2) is 41.3 Å². The zero-order chi connectivity index (χ0) is 21.6. The van der Waals surface area contributed by atoms with Gasteiger partial charge >= 0.3 is 5.97 Å². The molecule has 2 rings (SSSR count). The van der Waals surface area contributed by atoms with E-state index in [1.54, 1.807) is 0 Å². The Labute approximate surface area is 167 Å². The number of nitrogens with one attached hydrogen (secondary N) is 1. The Kier molecular flexibility index (Phi) is 7.02. The van der Waals surface area contributed by atoms with Gasteiger partial charge in [0.15, 0.2) is 18.1 Å². The summed E-state index contributed by atoms with van der Waals surface area (Å²) in [6.07, 6.45) is 0. The van der Waals surface area contributed by atoms with Gasteiger partial charge in [0.05, 0.1) is 26.2 Å². The van der Waals surface area contributed by atoms with E-state index >= 15 is 0 Å². The molecular weight excluding hydrogens is 404 g/mol. The van der Waals surface area contributed by atoms with Crippen molar-refractivity contribution < 1.29 is 37.0 Å². The van der Waals surface area contributed by atoms with Crippen molar-refractivity contribution in [2.24, 2.45) is 5.14 Å². The molecule has 3 N–H and O–H groups in total. The number of primary sulfonamides is 1. The molecule has 0 heterocycles. The summed E-state index contributed by atoms with van der Waals surface area (Å²) in [4.78, 5) is 24.3. The predicted octanol–water partition coefficient (Wildman–Crippen LogP) is 1.16. The van der Waals surface area contributed by atoms with Gasteiger partial charge in [-0.15, -0.1) is 0 Å². The maximum Gasteiger partial charge on any atom is 0.342 e. The first-order valence-electron chi connectivity index (χ1n) is 8.09. The highest BCUT2D eigenvalue weighted by molar-refractivity contribution is 7.89. The highest BCUT2D eigenvalue weighted by atomic mass is 32.2. The maximum absolute atomic E-state index is 12.3. The number of ether oxygens (including phenoxy) is 4. The number of hydrogen-bond donors (Lipinski definition) is 2. The summed E-state index contributed by atoms with van der Waals surface area (Å²) in [5.41, 5.74) is 0.359. The molecule has 2 aromatic rings. The van der Waals surface area contributed by atoms with Gasteiger partial charge in [0.1, 0.15) is 11.3 Å². The fourth-order valence-electron chi connectivity index (χ4n) is 2.32. The fourth-order valence-corrected chi connectivity index (χ4v) is 2.84. The number of anilines is 1. The zero-order valence-electron chi connectivity index (χ0n) is 15.9. The van der Waals surface area contributed by atoms with Gasteiger partial charge in [-0.1, -0.05) is 0 Å². The lowest BCUT2D eigenvalue weighted by atomic mass is 10.1. The smallest absolute Gasteiger partial charge is 0.342 e. The summed E-state index contributed by atoms with van der Waals surface area (Å²) in [5, 5.41) is 7.48. The minimum atomic E-state index is -3.83. The van der Waals surface area contributed by atoms with Crippen LogP contribution >= 0.6 is 0 Å². The van der Waals surface area contributed by atoms with Crippen LogP contribution in [0.25, 0.3) is 0 Å². The van der Waals surface area contributed by atoms with Crippen LogP contribution in [0.1, 0.15) is 10.4 Å². The van der Waals surface area contributed by atoms with Crippen LogP contribution in [-0.4, -0.2) is 48.2 Å². The molecule has 0 saturated carbocycles. The molecule has 0 bridgehead atoms. The van der Waals surface area contributed by atoms with E-state index in [1.807, 2.05) is 0 Å². The molecule has 10 nitrogen and oxygen atoms in total. The summed E-state index contributed by atoms with van der Waals surface area (Å²) in [5.74, 6) is -0.587. The number of hydrogen-bond acceptors (Lipinski definition) is 8. The van der Waals surface area contributed by atoms with Crippen molar-refractivity contribution in [2.45, 2.75) is 4.90 Å². The van der Waals surface area contributed by atoms with Crippen LogP contribution < -0.4 is 24.7 Å². The largest absolute Gasteiger partial charge is 0.496 e. The minimum Gasteiger partial charge on any atom is -0.496 e. The molecular formula is C18H20N2O8S. The number of carbonyl (C=O) groups excluding carboxylic acids is 2. The van der Waals surface area contributed by atoms with Crippen LogP contribution in [0.3, 0.4) is 0 Å². The van der Waals surface area contributed by atoms with Gasteiger partial charge in [-0.05, 0) is 24.3 Å². The van der Waals surface area contributed by atoms with E-state index < -0.39 is 28.5 Å². The number of esters is 1. The van der Waals surface area contributed by atoms with Gasteiger partial charge in [0.2, 0.25) is 10.0 Å². The van der Waals surface area contributed by atoms with Crippen molar-refractivity contribution in [3.63, 3.8) is 0 Å². The summed E-state index contributed by atoms with van der Waals surface area (Å²) < 4.78 is 42.9. The van der Waals surface area contributed by atoms with Crippen molar-refractivity contribution in [1.82, 2.24) is 0 Å². The Morgan fingerprint density at radius 2 is 1.48 bits per heavy atom. The molecule has 2 aromatic carbocycles. The molecule has 0 atom stereocenters. The van der Waals surface area contributed by atoms with E-state index in [1.165, 1.54) is 57.7 Å². The number of rotatable bonds is 8. The molecule has 0 aliphatic rings. The summed E-state index contributed by atoms with van der Waals surface area (Å²) in [6, 6.07) is 8.04. The molecule has 0 aromatic heterocycles. The second-order valence-corrected chi connectivity index (χ2v) is 7.16. The van der Waals surface area contributed by atoms with Crippen molar-refractivity contribution in [3.05, 3.63) is 42.0 Å². The van der Waals surface area contributed by atoms with Gasteiger partial charge in [-0.25, -0.2) is 18.4 Å². The van der Waals surface area contributed by atoms with Crippen molar-refractivity contribution in [1.29, 1.82) is 0 Å². The molecule has 0 unspecified atom stereocenters. The monoisotopic (exact) mass is 424 g/mol. The third kappa shape index (κ3) is 5.59. The lowest BCUT2D eigenvalue weighted by molar-refractivity contribution is -0.119. The molecule has 0 saturated heterocycles. The van der Waals surface area contributed by atoms with E-state index in [9.17, 15) is 18.0 Å². The van der Waals surface area contributed by atoms with Crippen LogP contribution in [0.4, 0.5) is 5.69 Å². The molecule has 156 valence electrons. The number of sulfonamides is 1. The SMILES string of the molecule is COc1cc(OC)c(C(=O)OCC(=O)Nc2ccc(S(N)(=O)=O)cc2)cc1OC. The maximum atomic E-state index is 12.3. The first-order valence-corrected chi connectivity index (χ1v) is 9.64. The molecule has 1 amide bonds. The molecule has 29 heavy (non-hydrogen) atoms. The van der Waals surface area contributed by atoms with Crippen molar-refractivity contribution in [2.75, 3.05) is 33.3 Å². The summed E-state index contributed by atoms with van der Waals surface area (Å²) in [6.45, 7) is -0.576. The fraction of sp³-hybridized carbons (Fsp3) is 0.222. The predicted molar refractivity (Wildman–Crippen MR) is 103 cm³/mol. The van der Waals surface area contributed by atoms with E-state index in [4.69, 9.17) is 24.1 Å². The number of benzene rings is 2. The molecule has 0 fully saturated rings. The Hall–Kier alpha value is -3.31.